The van der Waals surface area contributed by atoms with Gasteiger partial charge in [0.05, 0.1) is 13.2 Å². The fourth-order valence-corrected chi connectivity index (χ4v) is 4.31. The maximum Gasteiger partial charge on any atom is 0.258 e. The predicted molar refractivity (Wildman–Crippen MR) is 120 cm³/mol. The first-order chi connectivity index (χ1) is 14.5. The van der Waals surface area contributed by atoms with Crippen molar-refractivity contribution in [2.45, 2.75) is 46.1 Å². The zero-order valence-electron chi connectivity index (χ0n) is 18.7. The van der Waals surface area contributed by atoms with Gasteiger partial charge in [0, 0.05) is 6.54 Å². The summed E-state index contributed by atoms with van der Waals surface area (Å²) in [6, 6.07) is 12.5. The number of rotatable bonds is 8. The molecule has 1 aliphatic heterocycles. The summed E-state index contributed by atoms with van der Waals surface area (Å²) in [4.78, 5) is 15.0. The van der Waals surface area contributed by atoms with Crippen molar-refractivity contribution in [1.29, 1.82) is 0 Å². The summed E-state index contributed by atoms with van der Waals surface area (Å²) in [5, 5.41) is 3.09. The van der Waals surface area contributed by atoms with E-state index in [4.69, 9.17) is 9.47 Å². The maximum absolute atomic E-state index is 12.6. The van der Waals surface area contributed by atoms with Gasteiger partial charge in [-0.25, -0.2) is 0 Å². The summed E-state index contributed by atoms with van der Waals surface area (Å²) in [5.41, 5.74) is 4.52. The molecule has 2 aromatic rings. The summed E-state index contributed by atoms with van der Waals surface area (Å²) in [7, 11) is 1.68. The van der Waals surface area contributed by atoms with Gasteiger partial charge in [-0.1, -0.05) is 36.2 Å². The van der Waals surface area contributed by atoms with Crippen molar-refractivity contribution in [2.75, 3.05) is 33.4 Å². The van der Waals surface area contributed by atoms with Crippen molar-refractivity contribution in [3.8, 4) is 11.5 Å². The largest absolute Gasteiger partial charge is 0.497 e. The lowest BCUT2D eigenvalue weighted by Crippen LogP contribution is -2.41. The molecule has 1 atom stereocenters. The number of methoxy groups -OCH3 is 1. The number of hydrogen-bond donors (Lipinski definition) is 1. The summed E-state index contributed by atoms with van der Waals surface area (Å²) in [6.07, 6.45) is 3.69. The van der Waals surface area contributed by atoms with Crippen LogP contribution in [0.15, 0.2) is 36.4 Å². The molecule has 1 amide bonds. The molecule has 0 radical (unpaired) electrons. The molecule has 0 aromatic heterocycles. The number of benzene rings is 2. The molecule has 3 rings (SSSR count). The second kappa shape index (κ2) is 10.5. The standard InChI is InChI=1S/C25H34N2O3/c1-18-14-19(2)25(20(3)15-18)30-17-24(28)26-16-23(27-12-6-5-7-13-27)21-8-10-22(29-4)11-9-21/h8-11,14-15,23H,5-7,12-13,16-17H2,1-4H3,(H,26,28). The molecule has 5 heteroatoms. The van der Waals surface area contributed by atoms with E-state index in [1.54, 1.807) is 7.11 Å². The fraction of sp³-hybridized carbons (Fsp3) is 0.480. The molecular weight excluding hydrogens is 376 g/mol. The average molecular weight is 411 g/mol. The summed E-state index contributed by atoms with van der Waals surface area (Å²) in [6.45, 7) is 8.82. The normalized spacial score (nSPS) is 15.5. The first-order valence-electron chi connectivity index (χ1n) is 10.8. The van der Waals surface area contributed by atoms with Crippen LogP contribution >= 0.6 is 0 Å². The molecule has 162 valence electrons. The molecule has 0 aliphatic carbocycles. The Labute approximate surface area is 180 Å². The number of nitrogens with one attached hydrogen (secondary N) is 1. The van der Waals surface area contributed by atoms with Gasteiger partial charge in [-0.3, -0.25) is 9.69 Å². The predicted octanol–water partition coefficient (Wildman–Crippen LogP) is 4.34. The third-order valence-corrected chi connectivity index (χ3v) is 5.78. The van der Waals surface area contributed by atoms with Crippen LogP contribution in [-0.4, -0.2) is 44.2 Å². The minimum Gasteiger partial charge on any atom is -0.497 e. The lowest BCUT2D eigenvalue weighted by Gasteiger charge is -2.35. The van der Waals surface area contributed by atoms with Crippen LogP contribution in [0.2, 0.25) is 0 Å². The van der Waals surface area contributed by atoms with E-state index >= 15 is 0 Å². The van der Waals surface area contributed by atoms with Crippen LogP contribution in [0.3, 0.4) is 0 Å². The number of carbonyl (C=O) groups is 1. The lowest BCUT2D eigenvalue weighted by molar-refractivity contribution is -0.123. The van der Waals surface area contributed by atoms with E-state index in [-0.39, 0.29) is 18.6 Å². The van der Waals surface area contributed by atoms with Gasteiger partial charge in [0.15, 0.2) is 6.61 Å². The van der Waals surface area contributed by atoms with Crippen molar-refractivity contribution >= 4 is 5.91 Å². The molecule has 2 aromatic carbocycles. The molecule has 30 heavy (non-hydrogen) atoms. The Morgan fingerprint density at radius 3 is 2.27 bits per heavy atom. The van der Waals surface area contributed by atoms with Crippen LogP contribution < -0.4 is 14.8 Å². The zero-order valence-corrected chi connectivity index (χ0v) is 18.7. The third-order valence-electron chi connectivity index (χ3n) is 5.78. The molecule has 0 bridgehead atoms. The highest BCUT2D eigenvalue weighted by molar-refractivity contribution is 5.77. The Bertz CT molecular complexity index is 819. The van der Waals surface area contributed by atoms with Crippen molar-refractivity contribution in [1.82, 2.24) is 10.2 Å². The monoisotopic (exact) mass is 410 g/mol. The van der Waals surface area contributed by atoms with Gasteiger partial charge < -0.3 is 14.8 Å². The molecule has 1 fully saturated rings. The Kier molecular flexibility index (Phi) is 7.75. The highest BCUT2D eigenvalue weighted by atomic mass is 16.5. The second-order valence-electron chi connectivity index (χ2n) is 8.21. The maximum atomic E-state index is 12.6. The number of amides is 1. The molecule has 0 saturated carbocycles. The summed E-state index contributed by atoms with van der Waals surface area (Å²) < 4.78 is 11.1. The van der Waals surface area contributed by atoms with Crippen LogP contribution in [0.5, 0.6) is 11.5 Å². The third kappa shape index (κ3) is 5.76. The number of aryl methyl sites for hydroxylation is 3. The zero-order chi connectivity index (χ0) is 21.5. The van der Waals surface area contributed by atoms with E-state index in [0.717, 1.165) is 35.7 Å². The summed E-state index contributed by atoms with van der Waals surface area (Å²) in [5.74, 6) is 1.56. The fourth-order valence-electron chi connectivity index (χ4n) is 4.31. The SMILES string of the molecule is COc1ccc(C(CNC(=O)COc2c(C)cc(C)cc2C)N2CCCCC2)cc1. The molecule has 1 saturated heterocycles. The highest BCUT2D eigenvalue weighted by Crippen LogP contribution is 2.26. The molecule has 1 unspecified atom stereocenters. The van der Waals surface area contributed by atoms with Crippen LogP contribution in [0, 0.1) is 20.8 Å². The first kappa shape index (κ1) is 22.2. The molecular formula is C25H34N2O3. The highest BCUT2D eigenvalue weighted by Gasteiger charge is 2.23. The first-order valence-corrected chi connectivity index (χ1v) is 10.8. The molecule has 1 aliphatic rings. The van der Waals surface area contributed by atoms with Crippen LogP contribution in [-0.2, 0) is 4.79 Å². The van der Waals surface area contributed by atoms with E-state index in [2.05, 4.69) is 41.4 Å². The van der Waals surface area contributed by atoms with E-state index in [1.165, 1.54) is 30.4 Å². The van der Waals surface area contributed by atoms with Gasteiger partial charge in [0.25, 0.3) is 5.91 Å². The topological polar surface area (TPSA) is 50.8 Å². The van der Waals surface area contributed by atoms with Crippen molar-refractivity contribution in [3.05, 3.63) is 58.7 Å². The Morgan fingerprint density at radius 2 is 1.67 bits per heavy atom. The minimum atomic E-state index is -0.0927. The number of carbonyl (C=O) groups excluding carboxylic acids is 1. The van der Waals surface area contributed by atoms with E-state index in [0.29, 0.717) is 6.54 Å². The number of hydrogen-bond acceptors (Lipinski definition) is 4. The molecule has 5 nitrogen and oxygen atoms in total. The molecule has 1 heterocycles. The molecule has 0 spiro atoms. The van der Waals surface area contributed by atoms with Crippen LogP contribution in [0.4, 0.5) is 0 Å². The lowest BCUT2D eigenvalue weighted by atomic mass is 10.0. The smallest absolute Gasteiger partial charge is 0.258 e. The Morgan fingerprint density at radius 1 is 1.03 bits per heavy atom. The van der Waals surface area contributed by atoms with Crippen molar-refractivity contribution in [3.63, 3.8) is 0 Å². The quantitative estimate of drug-likeness (QED) is 0.703. The van der Waals surface area contributed by atoms with Gasteiger partial charge >= 0.3 is 0 Å². The number of nitrogens with zero attached hydrogens (tertiary/aromatic N) is 1. The van der Waals surface area contributed by atoms with Gasteiger partial charge in [-0.05, 0) is 75.5 Å². The minimum absolute atomic E-state index is 0.0279. The van der Waals surface area contributed by atoms with Gasteiger partial charge in [0.2, 0.25) is 0 Å². The number of likely N-dealkylation sites (tertiary alicyclic amines) is 1. The van der Waals surface area contributed by atoms with Gasteiger partial charge in [-0.2, -0.15) is 0 Å². The van der Waals surface area contributed by atoms with Crippen LogP contribution in [0.1, 0.15) is 47.6 Å². The van der Waals surface area contributed by atoms with E-state index in [9.17, 15) is 4.79 Å². The Hall–Kier alpha value is -2.53. The Balaban J connectivity index is 1.62. The van der Waals surface area contributed by atoms with Crippen molar-refractivity contribution in [2.24, 2.45) is 0 Å². The second-order valence-corrected chi connectivity index (χ2v) is 8.21. The summed E-state index contributed by atoms with van der Waals surface area (Å²) >= 11 is 0. The van der Waals surface area contributed by atoms with E-state index < -0.39 is 0 Å². The number of ether oxygens (including phenoxy) is 2. The molecule has 1 N–H and O–H groups in total. The van der Waals surface area contributed by atoms with E-state index in [1.807, 2.05) is 26.0 Å². The average Bonchev–Trinajstić information content (AvgIpc) is 2.74. The number of piperidine rings is 1. The van der Waals surface area contributed by atoms with Crippen molar-refractivity contribution < 1.29 is 14.3 Å². The van der Waals surface area contributed by atoms with Gasteiger partial charge in [0.1, 0.15) is 11.5 Å². The van der Waals surface area contributed by atoms with Crippen LogP contribution in [0.25, 0.3) is 0 Å². The van der Waals surface area contributed by atoms with Gasteiger partial charge in [-0.15, -0.1) is 0 Å².